The topological polar surface area (TPSA) is 66.9 Å². The van der Waals surface area contributed by atoms with E-state index in [-0.39, 0.29) is 11.5 Å². The first-order chi connectivity index (χ1) is 6.59. The van der Waals surface area contributed by atoms with Gasteiger partial charge in [-0.25, -0.2) is 0 Å². The second-order valence-corrected chi connectivity index (χ2v) is 3.17. The number of aromatic nitrogens is 2. The Kier molecular flexibility index (Phi) is 3.58. The lowest BCUT2D eigenvalue weighted by Gasteiger charge is -2.05. The second kappa shape index (κ2) is 4.71. The number of H-pyrrole nitrogens is 1. The molecule has 0 spiro atoms. The Balaban J connectivity index is 2.64. The molecule has 0 aliphatic heterocycles. The van der Waals surface area contributed by atoms with Crippen molar-refractivity contribution in [3.05, 3.63) is 27.4 Å². The molecule has 76 valence electrons. The molecule has 1 amide bonds. The van der Waals surface area contributed by atoms with Gasteiger partial charge in [-0.1, -0.05) is 0 Å². The SMILES string of the molecule is CC(=O)NCCn1ccc(=O)[nH]c1=S. The number of carbonyl (C=O) groups excluding carboxylic acids is 1. The second-order valence-electron chi connectivity index (χ2n) is 2.79. The van der Waals surface area contributed by atoms with Crippen LogP contribution < -0.4 is 10.9 Å². The van der Waals surface area contributed by atoms with E-state index in [0.717, 1.165) is 0 Å². The van der Waals surface area contributed by atoms with Gasteiger partial charge in [0.05, 0.1) is 0 Å². The van der Waals surface area contributed by atoms with Gasteiger partial charge in [-0.3, -0.25) is 14.6 Å². The molecule has 0 atom stereocenters. The Hall–Kier alpha value is -1.43. The lowest BCUT2D eigenvalue weighted by atomic mass is 10.5. The Morgan fingerprint density at radius 1 is 1.71 bits per heavy atom. The van der Waals surface area contributed by atoms with E-state index < -0.39 is 0 Å². The lowest BCUT2D eigenvalue weighted by molar-refractivity contribution is -0.118. The van der Waals surface area contributed by atoms with Crippen molar-refractivity contribution in [2.75, 3.05) is 6.54 Å². The van der Waals surface area contributed by atoms with Crippen molar-refractivity contribution in [3.8, 4) is 0 Å². The summed E-state index contributed by atoms with van der Waals surface area (Å²) in [5.74, 6) is -0.0825. The molecule has 1 rings (SSSR count). The molecular weight excluding hydrogens is 202 g/mol. The van der Waals surface area contributed by atoms with Gasteiger partial charge in [0.15, 0.2) is 4.77 Å². The van der Waals surface area contributed by atoms with Crippen LogP contribution in [0.25, 0.3) is 0 Å². The molecule has 5 nitrogen and oxygen atoms in total. The predicted molar refractivity (Wildman–Crippen MR) is 54.6 cm³/mol. The van der Waals surface area contributed by atoms with Crippen LogP contribution in [0.3, 0.4) is 0 Å². The van der Waals surface area contributed by atoms with Crippen molar-refractivity contribution in [2.24, 2.45) is 0 Å². The molecule has 2 N–H and O–H groups in total. The van der Waals surface area contributed by atoms with Gasteiger partial charge in [-0.15, -0.1) is 0 Å². The van der Waals surface area contributed by atoms with Crippen LogP contribution >= 0.6 is 12.2 Å². The molecule has 0 unspecified atom stereocenters. The monoisotopic (exact) mass is 213 g/mol. The van der Waals surface area contributed by atoms with E-state index in [0.29, 0.717) is 17.9 Å². The van der Waals surface area contributed by atoms with Crippen LogP contribution in [-0.2, 0) is 11.3 Å². The average molecular weight is 213 g/mol. The van der Waals surface area contributed by atoms with Crippen molar-refractivity contribution in [1.82, 2.24) is 14.9 Å². The number of hydrogen-bond donors (Lipinski definition) is 2. The fraction of sp³-hybridized carbons (Fsp3) is 0.375. The Morgan fingerprint density at radius 3 is 3.00 bits per heavy atom. The summed E-state index contributed by atoms with van der Waals surface area (Å²) >= 11 is 4.91. The summed E-state index contributed by atoms with van der Waals surface area (Å²) in [4.78, 5) is 23.9. The molecule has 1 heterocycles. The minimum absolute atomic E-state index is 0.0825. The van der Waals surface area contributed by atoms with Crippen molar-refractivity contribution < 1.29 is 4.79 Å². The average Bonchev–Trinajstić information content (AvgIpc) is 2.08. The lowest BCUT2D eigenvalue weighted by Crippen LogP contribution is -2.25. The van der Waals surface area contributed by atoms with Crippen LogP contribution in [0, 0.1) is 4.77 Å². The normalized spacial score (nSPS) is 9.79. The number of nitrogens with zero attached hydrogens (tertiary/aromatic N) is 1. The van der Waals surface area contributed by atoms with Gasteiger partial charge in [-0.05, 0) is 12.2 Å². The summed E-state index contributed by atoms with van der Waals surface area (Å²) in [6.45, 7) is 2.50. The molecule has 0 saturated heterocycles. The third kappa shape index (κ3) is 3.14. The van der Waals surface area contributed by atoms with Crippen molar-refractivity contribution in [1.29, 1.82) is 0 Å². The minimum Gasteiger partial charge on any atom is -0.355 e. The Morgan fingerprint density at radius 2 is 2.43 bits per heavy atom. The highest BCUT2D eigenvalue weighted by atomic mass is 32.1. The van der Waals surface area contributed by atoms with E-state index in [4.69, 9.17) is 12.2 Å². The maximum atomic E-state index is 10.8. The first-order valence-corrected chi connectivity index (χ1v) is 4.54. The Bertz CT molecular complexity index is 435. The van der Waals surface area contributed by atoms with Crippen molar-refractivity contribution in [2.45, 2.75) is 13.5 Å². The molecule has 0 saturated carbocycles. The van der Waals surface area contributed by atoms with Crippen LogP contribution in [0.1, 0.15) is 6.92 Å². The smallest absolute Gasteiger partial charge is 0.251 e. The number of hydrogen-bond acceptors (Lipinski definition) is 3. The molecule has 1 aromatic rings. The molecular formula is C8H11N3O2S. The summed E-state index contributed by atoms with van der Waals surface area (Å²) in [6, 6.07) is 1.39. The number of amides is 1. The van der Waals surface area contributed by atoms with Crippen LogP contribution in [0.4, 0.5) is 0 Å². The number of aromatic amines is 1. The van der Waals surface area contributed by atoms with Gasteiger partial charge < -0.3 is 9.88 Å². The zero-order valence-electron chi connectivity index (χ0n) is 7.74. The highest BCUT2D eigenvalue weighted by Crippen LogP contribution is 1.85. The van der Waals surface area contributed by atoms with Gasteiger partial charge in [0.2, 0.25) is 5.91 Å². The molecule has 0 aliphatic carbocycles. The zero-order chi connectivity index (χ0) is 10.6. The largest absolute Gasteiger partial charge is 0.355 e. The molecule has 0 bridgehead atoms. The fourth-order valence-electron chi connectivity index (χ4n) is 0.973. The van der Waals surface area contributed by atoms with E-state index in [9.17, 15) is 9.59 Å². The van der Waals surface area contributed by atoms with E-state index in [1.807, 2.05) is 0 Å². The molecule has 14 heavy (non-hydrogen) atoms. The third-order valence-electron chi connectivity index (χ3n) is 1.62. The molecule has 0 aromatic carbocycles. The molecule has 0 fully saturated rings. The number of carbonyl (C=O) groups is 1. The van der Waals surface area contributed by atoms with Crippen LogP contribution in [-0.4, -0.2) is 22.0 Å². The Labute approximate surface area is 85.8 Å². The predicted octanol–water partition coefficient (Wildman–Crippen LogP) is 0.0420. The molecule has 6 heteroatoms. The quantitative estimate of drug-likeness (QED) is 0.697. The minimum atomic E-state index is -0.217. The van der Waals surface area contributed by atoms with Crippen LogP contribution in [0.5, 0.6) is 0 Å². The van der Waals surface area contributed by atoms with Gasteiger partial charge in [-0.2, -0.15) is 0 Å². The number of rotatable bonds is 3. The third-order valence-corrected chi connectivity index (χ3v) is 1.96. The fourth-order valence-corrected chi connectivity index (χ4v) is 1.23. The molecule has 0 radical (unpaired) electrons. The summed E-state index contributed by atoms with van der Waals surface area (Å²) in [7, 11) is 0. The maximum Gasteiger partial charge on any atom is 0.251 e. The highest BCUT2D eigenvalue weighted by molar-refractivity contribution is 7.71. The van der Waals surface area contributed by atoms with Crippen molar-refractivity contribution >= 4 is 18.1 Å². The van der Waals surface area contributed by atoms with Gasteiger partial charge in [0.1, 0.15) is 0 Å². The number of nitrogens with one attached hydrogen (secondary N) is 2. The highest BCUT2D eigenvalue weighted by Gasteiger charge is 1.94. The van der Waals surface area contributed by atoms with Crippen LogP contribution in [0.15, 0.2) is 17.1 Å². The van der Waals surface area contributed by atoms with Gasteiger partial charge >= 0.3 is 0 Å². The van der Waals surface area contributed by atoms with Gasteiger partial charge in [0, 0.05) is 32.3 Å². The summed E-state index contributed by atoms with van der Waals surface area (Å²) in [5, 5.41) is 2.64. The first-order valence-electron chi connectivity index (χ1n) is 4.14. The van der Waals surface area contributed by atoms with Crippen LogP contribution in [0.2, 0.25) is 0 Å². The molecule has 1 aromatic heterocycles. The van der Waals surface area contributed by atoms with Gasteiger partial charge in [0.25, 0.3) is 5.56 Å². The van der Waals surface area contributed by atoms with E-state index in [2.05, 4.69) is 10.3 Å². The summed E-state index contributed by atoms with van der Waals surface area (Å²) in [6.07, 6.45) is 1.60. The first kappa shape index (κ1) is 10.6. The van der Waals surface area contributed by atoms with E-state index >= 15 is 0 Å². The summed E-state index contributed by atoms with van der Waals surface area (Å²) < 4.78 is 2.05. The maximum absolute atomic E-state index is 10.8. The summed E-state index contributed by atoms with van der Waals surface area (Å²) in [5.41, 5.74) is -0.217. The standard InChI is InChI=1S/C8H11N3O2S/c1-6(12)9-3-5-11-4-2-7(13)10-8(11)14/h2,4H,3,5H2,1H3,(H,9,12)(H,10,13,14). The van der Waals surface area contributed by atoms with Crippen molar-refractivity contribution in [3.63, 3.8) is 0 Å². The van der Waals surface area contributed by atoms with E-state index in [1.54, 1.807) is 10.8 Å². The molecule has 0 aliphatic rings. The van der Waals surface area contributed by atoms with E-state index in [1.165, 1.54) is 13.0 Å². The zero-order valence-corrected chi connectivity index (χ0v) is 8.56.